The Morgan fingerprint density at radius 1 is 1.18 bits per heavy atom. The smallest absolute Gasteiger partial charge is 0.337 e. The van der Waals surface area contributed by atoms with E-state index in [9.17, 15) is 9.59 Å². The summed E-state index contributed by atoms with van der Waals surface area (Å²) < 4.78 is 21.6. The summed E-state index contributed by atoms with van der Waals surface area (Å²) in [6.45, 7) is 3.71. The number of esters is 1. The zero-order valence-electron chi connectivity index (χ0n) is 18.6. The number of amides is 1. The van der Waals surface area contributed by atoms with Gasteiger partial charge in [0.2, 0.25) is 0 Å². The lowest BCUT2D eigenvalue weighted by atomic mass is 10.1. The van der Waals surface area contributed by atoms with Crippen molar-refractivity contribution in [2.75, 3.05) is 19.0 Å². The molecule has 1 aliphatic rings. The lowest BCUT2D eigenvalue weighted by molar-refractivity contribution is -0.131. The summed E-state index contributed by atoms with van der Waals surface area (Å²) in [4.78, 5) is 25.2. The Kier molecular flexibility index (Phi) is 6.48. The number of carbonyl (C=O) groups excluding carboxylic acids is 2. The summed E-state index contributed by atoms with van der Waals surface area (Å²) in [6, 6.07) is 11.7. The van der Waals surface area contributed by atoms with E-state index in [2.05, 4.69) is 10.4 Å². The van der Waals surface area contributed by atoms with Crippen LogP contribution in [0, 0.1) is 0 Å². The first-order valence-electron chi connectivity index (χ1n) is 10.6. The van der Waals surface area contributed by atoms with Crippen LogP contribution in [0.3, 0.4) is 0 Å². The Balaban J connectivity index is 1.56. The molecule has 1 aromatic carbocycles. The molecule has 9 heteroatoms. The first-order chi connectivity index (χ1) is 16.0. The van der Waals surface area contributed by atoms with Gasteiger partial charge in [-0.15, -0.1) is 0 Å². The number of hydrogen-bond acceptors (Lipinski definition) is 8. The zero-order valence-corrected chi connectivity index (χ0v) is 18.6. The molecule has 172 valence electrons. The highest BCUT2D eigenvalue weighted by Gasteiger charge is 2.35. The number of rotatable bonds is 8. The highest BCUT2D eigenvalue weighted by atomic mass is 16.5. The molecule has 1 amide bonds. The molecule has 2 aromatic heterocycles. The van der Waals surface area contributed by atoms with Gasteiger partial charge in [0.25, 0.3) is 5.91 Å². The first kappa shape index (κ1) is 22.2. The third kappa shape index (κ3) is 4.92. The van der Waals surface area contributed by atoms with Crippen LogP contribution in [-0.2, 0) is 9.53 Å². The molecule has 1 aliphatic heterocycles. The minimum atomic E-state index is -0.481. The van der Waals surface area contributed by atoms with Crippen molar-refractivity contribution in [1.29, 1.82) is 0 Å². The van der Waals surface area contributed by atoms with Gasteiger partial charge < -0.3 is 23.6 Å². The highest BCUT2D eigenvalue weighted by molar-refractivity contribution is 6.01. The third-order valence-corrected chi connectivity index (χ3v) is 5.04. The topological polar surface area (TPSA) is 107 Å². The normalized spacial score (nSPS) is 15.5. The van der Waals surface area contributed by atoms with Crippen molar-refractivity contribution in [2.24, 2.45) is 5.10 Å². The summed E-state index contributed by atoms with van der Waals surface area (Å²) in [5.74, 6) is 0.995. The molecule has 3 aromatic rings. The fraction of sp³-hybridized carbons (Fsp3) is 0.292. The van der Waals surface area contributed by atoms with Crippen LogP contribution in [0.15, 0.2) is 68.9 Å². The third-order valence-electron chi connectivity index (χ3n) is 5.04. The Bertz CT molecular complexity index is 1140. The molecule has 9 nitrogen and oxygen atoms in total. The minimum Gasteiger partial charge on any atom is -0.489 e. The van der Waals surface area contributed by atoms with Crippen molar-refractivity contribution < 1.29 is 27.9 Å². The van der Waals surface area contributed by atoms with Crippen LogP contribution in [0.25, 0.3) is 0 Å². The maximum Gasteiger partial charge on any atom is 0.337 e. The quantitative estimate of drug-likeness (QED) is 0.511. The molecule has 0 aliphatic carbocycles. The van der Waals surface area contributed by atoms with E-state index in [1.54, 1.807) is 48.9 Å². The molecule has 3 heterocycles. The van der Waals surface area contributed by atoms with E-state index in [4.69, 9.17) is 18.3 Å². The van der Waals surface area contributed by atoms with E-state index < -0.39 is 5.97 Å². The van der Waals surface area contributed by atoms with Crippen molar-refractivity contribution in [3.63, 3.8) is 0 Å². The second-order valence-electron chi connectivity index (χ2n) is 7.72. The molecule has 1 unspecified atom stereocenters. The number of ether oxygens (including phenoxy) is 2. The summed E-state index contributed by atoms with van der Waals surface area (Å²) in [6.07, 6.45) is 3.50. The molecule has 33 heavy (non-hydrogen) atoms. The van der Waals surface area contributed by atoms with Crippen LogP contribution in [0.5, 0.6) is 5.75 Å². The van der Waals surface area contributed by atoms with Gasteiger partial charge in [-0.1, -0.05) is 0 Å². The lowest BCUT2D eigenvalue weighted by Crippen LogP contribution is -2.32. The average Bonchev–Trinajstić information content (AvgIpc) is 3.57. The number of nitrogens with one attached hydrogen (secondary N) is 1. The molecular formula is C24H25N3O6. The lowest BCUT2D eigenvalue weighted by Gasteiger charge is -2.21. The molecule has 4 rings (SSSR count). The fourth-order valence-corrected chi connectivity index (χ4v) is 3.56. The minimum absolute atomic E-state index is 0.0782. The van der Waals surface area contributed by atoms with Crippen LogP contribution >= 0.6 is 0 Å². The predicted octanol–water partition coefficient (Wildman–Crippen LogP) is 4.24. The van der Waals surface area contributed by atoms with E-state index in [0.29, 0.717) is 40.7 Å². The van der Waals surface area contributed by atoms with Gasteiger partial charge in [0.15, 0.2) is 0 Å². The maximum atomic E-state index is 13.2. The Morgan fingerprint density at radius 3 is 2.64 bits per heavy atom. The molecule has 0 saturated heterocycles. The Hall–Kier alpha value is -4.01. The largest absolute Gasteiger partial charge is 0.489 e. The van der Waals surface area contributed by atoms with Crippen molar-refractivity contribution in [1.82, 2.24) is 5.01 Å². The van der Waals surface area contributed by atoms with E-state index in [-0.39, 0.29) is 24.6 Å². The number of hydrazone groups is 1. The van der Waals surface area contributed by atoms with Gasteiger partial charge >= 0.3 is 5.97 Å². The Morgan fingerprint density at radius 2 is 1.97 bits per heavy atom. The molecule has 1 atom stereocenters. The van der Waals surface area contributed by atoms with E-state index in [1.165, 1.54) is 12.1 Å². The molecule has 0 fully saturated rings. The summed E-state index contributed by atoms with van der Waals surface area (Å²) in [7, 11) is 1.31. The van der Waals surface area contributed by atoms with Crippen molar-refractivity contribution in [2.45, 2.75) is 32.4 Å². The number of benzene rings is 1. The number of carbonyl (C=O) groups is 2. The molecule has 0 saturated carbocycles. The number of hydrogen-bond donors (Lipinski definition) is 1. The number of methoxy groups -OCH3 is 1. The van der Waals surface area contributed by atoms with Gasteiger partial charge in [0, 0.05) is 6.42 Å². The van der Waals surface area contributed by atoms with Crippen molar-refractivity contribution in [3.8, 4) is 5.75 Å². The fourth-order valence-electron chi connectivity index (χ4n) is 3.56. The van der Waals surface area contributed by atoms with Gasteiger partial charge in [-0.2, -0.15) is 5.10 Å². The van der Waals surface area contributed by atoms with Crippen molar-refractivity contribution in [3.05, 3.63) is 72.1 Å². The second kappa shape index (κ2) is 9.64. The monoisotopic (exact) mass is 451 g/mol. The number of anilines is 1. The average molecular weight is 451 g/mol. The number of nitrogens with zero attached hydrogens (tertiary/aromatic N) is 2. The van der Waals surface area contributed by atoms with Gasteiger partial charge in [-0.3, -0.25) is 4.79 Å². The second-order valence-corrected chi connectivity index (χ2v) is 7.72. The molecule has 0 bridgehead atoms. The molecule has 1 N–H and O–H groups in total. The Labute approximate surface area is 191 Å². The van der Waals surface area contributed by atoms with E-state index in [1.807, 2.05) is 19.9 Å². The summed E-state index contributed by atoms with van der Waals surface area (Å²) in [5, 5.41) is 8.99. The maximum absolute atomic E-state index is 13.2. The molecule has 0 spiro atoms. The first-order valence-corrected chi connectivity index (χ1v) is 10.6. The van der Waals surface area contributed by atoms with Crippen LogP contribution < -0.4 is 10.1 Å². The summed E-state index contributed by atoms with van der Waals surface area (Å²) in [5.41, 5.74) is 1.51. The van der Waals surface area contributed by atoms with E-state index >= 15 is 0 Å². The predicted molar refractivity (Wildman–Crippen MR) is 120 cm³/mol. The SMILES string of the molecule is COC(=O)c1ccc(OC(C)C)c(NCC(=O)N2N=C(c3ccco3)CC2c2ccco2)c1. The summed E-state index contributed by atoms with van der Waals surface area (Å²) >= 11 is 0. The van der Waals surface area contributed by atoms with E-state index in [0.717, 1.165) is 0 Å². The standard InChI is InChI=1S/C24H25N3O6/c1-15(2)33-21-9-8-16(24(29)30-3)12-17(21)25-14-23(28)27-19(22-7-5-11-32-22)13-18(26-27)20-6-4-10-31-20/h4-12,15,19,25H,13-14H2,1-3H3. The van der Waals surface area contributed by atoms with Crippen LogP contribution in [0.1, 0.15) is 48.2 Å². The van der Waals surface area contributed by atoms with Gasteiger partial charge in [-0.05, 0) is 56.3 Å². The van der Waals surface area contributed by atoms with Gasteiger partial charge in [0.1, 0.15) is 29.0 Å². The molecule has 0 radical (unpaired) electrons. The number of furan rings is 2. The van der Waals surface area contributed by atoms with Crippen LogP contribution in [-0.4, -0.2) is 42.4 Å². The van der Waals surface area contributed by atoms with Gasteiger partial charge in [-0.25, -0.2) is 9.80 Å². The van der Waals surface area contributed by atoms with Crippen molar-refractivity contribution >= 4 is 23.3 Å². The van der Waals surface area contributed by atoms with Crippen LogP contribution in [0.4, 0.5) is 5.69 Å². The van der Waals surface area contributed by atoms with Gasteiger partial charge in [0.05, 0.1) is 43.5 Å². The highest BCUT2D eigenvalue weighted by Crippen LogP contribution is 2.33. The van der Waals surface area contributed by atoms with Crippen LogP contribution in [0.2, 0.25) is 0 Å². The zero-order chi connectivity index (χ0) is 23.4. The molecular weight excluding hydrogens is 426 g/mol.